The molecule has 1 unspecified atom stereocenters. The van der Waals surface area contributed by atoms with Crippen LogP contribution in [0.25, 0.3) is 0 Å². The van der Waals surface area contributed by atoms with Crippen LogP contribution in [0.5, 0.6) is 5.75 Å². The third-order valence-corrected chi connectivity index (χ3v) is 8.48. The number of amides is 3. The van der Waals surface area contributed by atoms with Crippen molar-refractivity contribution < 1.29 is 28.8 Å². The van der Waals surface area contributed by atoms with Crippen molar-refractivity contribution >= 4 is 23.7 Å². The van der Waals surface area contributed by atoms with Crippen molar-refractivity contribution in [2.24, 2.45) is 0 Å². The van der Waals surface area contributed by atoms with Gasteiger partial charge in [-0.05, 0) is 105 Å². The average Bonchev–Trinajstić information content (AvgIpc) is 3.26. The number of imide groups is 1. The first-order valence-electron chi connectivity index (χ1n) is 15.7. The molecule has 3 aliphatic rings. The second-order valence-electron chi connectivity index (χ2n) is 11.5. The van der Waals surface area contributed by atoms with Gasteiger partial charge in [-0.1, -0.05) is 35.9 Å². The molecule has 0 aromatic heterocycles. The number of rotatable bonds is 13. The highest BCUT2D eigenvalue weighted by Crippen LogP contribution is 2.42. The molecule has 0 saturated carbocycles. The number of hydrogen-bond acceptors (Lipinski definition) is 7. The molecule has 0 radical (unpaired) electrons. The van der Waals surface area contributed by atoms with Gasteiger partial charge in [0.25, 0.3) is 11.8 Å². The molecule has 0 spiro atoms. The summed E-state index contributed by atoms with van der Waals surface area (Å²) in [7, 11) is 2.01. The summed E-state index contributed by atoms with van der Waals surface area (Å²) in [5.41, 5.74) is 6.94. The highest BCUT2D eigenvalue weighted by atomic mass is 16.7. The lowest BCUT2D eigenvalue weighted by Gasteiger charge is -2.24. The smallest absolute Gasteiger partial charge is 0.363 e. The Kier molecular flexibility index (Phi) is 10.6. The second kappa shape index (κ2) is 15.0. The molecule has 9 heteroatoms. The second-order valence-corrected chi connectivity index (χ2v) is 11.5. The maximum Gasteiger partial charge on any atom is 0.363 e. The number of nitrogens with zero attached hydrogens (tertiary/aromatic N) is 1. The van der Waals surface area contributed by atoms with Crippen molar-refractivity contribution in [3.05, 3.63) is 88.0 Å². The maximum absolute atomic E-state index is 12.4. The Morgan fingerprint density at radius 2 is 1.75 bits per heavy atom. The predicted molar refractivity (Wildman–Crippen MR) is 166 cm³/mol. The Bertz CT molecular complexity index is 1430. The average molecular weight is 600 g/mol. The minimum atomic E-state index is -0.782. The van der Waals surface area contributed by atoms with Gasteiger partial charge in [0.2, 0.25) is 5.91 Å². The van der Waals surface area contributed by atoms with Crippen molar-refractivity contribution in [1.82, 2.24) is 15.7 Å². The monoisotopic (exact) mass is 599 g/mol. The number of nitrogens with one attached hydrogen (secondary N) is 2. The van der Waals surface area contributed by atoms with Gasteiger partial charge in [-0.25, -0.2) is 4.79 Å². The molecule has 2 N–H and O–H groups in total. The van der Waals surface area contributed by atoms with Crippen molar-refractivity contribution in [3.63, 3.8) is 0 Å². The number of aryl methyl sites for hydroxylation is 1. The number of ether oxygens (including phenoxy) is 1. The highest BCUT2D eigenvalue weighted by Gasteiger charge is 2.33. The summed E-state index contributed by atoms with van der Waals surface area (Å²) in [5.74, 6) is -0.629. The van der Waals surface area contributed by atoms with Crippen LogP contribution in [-0.2, 0) is 32.2 Å². The molecule has 0 bridgehead atoms. The van der Waals surface area contributed by atoms with Gasteiger partial charge in [0.05, 0.1) is 12.2 Å². The van der Waals surface area contributed by atoms with E-state index in [1.807, 2.05) is 7.05 Å². The van der Waals surface area contributed by atoms with Crippen molar-refractivity contribution in [3.8, 4) is 5.75 Å². The van der Waals surface area contributed by atoms with Gasteiger partial charge < -0.3 is 20.2 Å². The SMILES string of the molecule is CNCCCC1C2=C(CCC=C2)CCc2cc(OCCCC(=O)NCc3ccc(C(=O)ON4C(=O)CCC4=O)cc3)ccc21. The van der Waals surface area contributed by atoms with E-state index in [1.54, 1.807) is 17.7 Å². The fraction of sp³-hybridized carbons (Fsp3) is 0.429. The van der Waals surface area contributed by atoms with Gasteiger partial charge >= 0.3 is 5.97 Å². The summed E-state index contributed by atoms with van der Waals surface area (Å²) in [6.07, 6.45) is 12.4. The van der Waals surface area contributed by atoms with Crippen molar-refractivity contribution in [1.29, 1.82) is 0 Å². The first-order chi connectivity index (χ1) is 21.4. The van der Waals surface area contributed by atoms with E-state index in [2.05, 4.69) is 41.0 Å². The number of carbonyl (C=O) groups excluding carboxylic acids is 4. The van der Waals surface area contributed by atoms with E-state index in [0.29, 0.717) is 37.0 Å². The molecule has 2 aromatic rings. The van der Waals surface area contributed by atoms with Crippen LogP contribution in [0, 0.1) is 0 Å². The fourth-order valence-electron chi connectivity index (χ4n) is 6.10. The standard InChI is InChI=1S/C35H41N3O6/c1-36-20-4-8-31-29-7-3-2-6-25(29)14-15-27-22-28(16-17-30(27)31)43-21-5-9-32(39)37-23-24-10-12-26(13-11-24)35(42)44-38-33(40)18-19-34(38)41/h3,7,10-13,16-17,22,31,36H,2,4-6,8-9,14-15,18-21,23H2,1H3,(H,37,39). The van der Waals surface area contributed by atoms with Gasteiger partial charge in [-0.2, -0.15) is 0 Å². The van der Waals surface area contributed by atoms with Crippen molar-refractivity contribution in [2.75, 3.05) is 20.2 Å². The summed E-state index contributed by atoms with van der Waals surface area (Å²) in [6.45, 7) is 1.78. The zero-order chi connectivity index (χ0) is 30.9. The lowest BCUT2D eigenvalue weighted by atomic mass is 9.82. The number of carbonyl (C=O) groups is 4. The van der Waals surface area contributed by atoms with Crippen LogP contribution in [0.3, 0.4) is 0 Å². The molecule has 1 aliphatic heterocycles. The zero-order valence-electron chi connectivity index (χ0n) is 25.4. The minimum absolute atomic E-state index is 0.0421. The third kappa shape index (κ3) is 7.82. The van der Waals surface area contributed by atoms with E-state index in [1.165, 1.54) is 35.3 Å². The molecule has 2 aliphatic carbocycles. The Labute approximate surface area is 258 Å². The number of fused-ring (bicyclic) bond motifs is 1. The molecular weight excluding hydrogens is 558 g/mol. The first-order valence-corrected chi connectivity index (χ1v) is 15.7. The number of benzene rings is 2. The van der Waals surface area contributed by atoms with E-state index in [9.17, 15) is 19.2 Å². The van der Waals surface area contributed by atoms with E-state index >= 15 is 0 Å². The van der Waals surface area contributed by atoms with Crippen LogP contribution in [0.15, 0.2) is 65.8 Å². The normalized spacial score (nSPS) is 17.7. The highest BCUT2D eigenvalue weighted by molar-refractivity contribution is 6.02. The topological polar surface area (TPSA) is 114 Å². The van der Waals surface area contributed by atoms with E-state index in [4.69, 9.17) is 9.57 Å². The van der Waals surface area contributed by atoms with Crippen LogP contribution < -0.4 is 15.4 Å². The van der Waals surface area contributed by atoms with Gasteiger partial charge in [0.1, 0.15) is 5.75 Å². The zero-order valence-corrected chi connectivity index (χ0v) is 25.4. The molecule has 9 nitrogen and oxygen atoms in total. The van der Waals surface area contributed by atoms with Crippen LogP contribution in [0.2, 0.25) is 0 Å². The van der Waals surface area contributed by atoms with Gasteiger partial charge in [0, 0.05) is 31.7 Å². The van der Waals surface area contributed by atoms with E-state index < -0.39 is 17.8 Å². The molecule has 1 atom stereocenters. The van der Waals surface area contributed by atoms with Crippen LogP contribution in [0.4, 0.5) is 0 Å². The summed E-state index contributed by atoms with van der Waals surface area (Å²) in [5, 5.41) is 6.70. The quantitative estimate of drug-likeness (QED) is 0.244. The summed E-state index contributed by atoms with van der Waals surface area (Å²) in [4.78, 5) is 52.9. The van der Waals surface area contributed by atoms with Crippen LogP contribution >= 0.6 is 0 Å². The lowest BCUT2D eigenvalue weighted by Crippen LogP contribution is -2.32. The summed E-state index contributed by atoms with van der Waals surface area (Å²) >= 11 is 0. The van der Waals surface area contributed by atoms with Crippen LogP contribution in [0.1, 0.15) is 90.8 Å². The van der Waals surface area contributed by atoms with Crippen LogP contribution in [-0.4, -0.2) is 49.0 Å². The molecule has 5 rings (SSSR count). The molecule has 3 amide bonds. The number of hydroxylamine groups is 2. The molecule has 2 aromatic carbocycles. The Morgan fingerprint density at radius 3 is 2.52 bits per heavy atom. The first kappa shape index (κ1) is 31.2. The molecule has 232 valence electrons. The molecular formula is C35H41N3O6. The largest absolute Gasteiger partial charge is 0.494 e. The maximum atomic E-state index is 12.4. The molecule has 44 heavy (non-hydrogen) atoms. The third-order valence-electron chi connectivity index (χ3n) is 8.48. The molecule has 1 saturated heterocycles. The summed E-state index contributed by atoms with van der Waals surface area (Å²) in [6, 6.07) is 13.0. The van der Waals surface area contributed by atoms with Gasteiger partial charge in [0.15, 0.2) is 0 Å². The van der Waals surface area contributed by atoms with Gasteiger partial charge in [-0.15, -0.1) is 5.06 Å². The Hall–Kier alpha value is -4.24. The van der Waals surface area contributed by atoms with Crippen molar-refractivity contribution in [2.45, 2.75) is 76.7 Å². The molecule has 1 fully saturated rings. The molecule has 1 heterocycles. The summed E-state index contributed by atoms with van der Waals surface area (Å²) < 4.78 is 6.07. The van der Waals surface area contributed by atoms with Gasteiger partial charge in [-0.3, -0.25) is 14.4 Å². The van der Waals surface area contributed by atoms with E-state index in [-0.39, 0.29) is 24.3 Å². The number of allylic oxidation sites excluding steroid dienone is 4. The predicted octanol–water partition coefficient (Wildman–Crippen LogP) is 5.06. The Morgan fingerprint density at radius 1 is 0.955 bits per heavy atom. The fourth-order valence-corrected chi connectivity index (χ4v) is 6.10. The Balaban J connectivity index is 1.06. The minimum Gasteiger partial charge on any atom is -0.494 e. The number of hydrogen-bond donors (Lipinski definition) is 2. The van der Waals surface area contributed by atoms with E-state index in [0.717, 1.165) is 50.0 Å². The lowest BCUT2D eigenvalue weighted by molar-refractivity contribution is -0.172.